The largest absolute Gasteiger partial charge is 0.370 e. The van der Waals surface area contributed by atoms with Crippen LogP contribution in [0.3, 0.4) is 0 Å². The van der Waals surface area contributed by atoms with Crippen LogP contribution >= 0.6 is 15.9 Å². The normalized spacial score (nSPS) is 19.9. The summed E-state index contributed by atoms with van der Waals surface area (Å²) < 4.78 is 1.22. The lowest BCUT2D eigenvalue weighted by Gasteiger charge is -2.20. The van der Waals surface area contributed by atoms with Gasteiger partial charge in [0, 0.05) is 24.1 Å². The highest BCUT2D eigenvalue weighted by Crippen LogP contribution is 2.32. The summed E-state index contributed by atoms with van der Waals surface area (Å²) in [4.78, 5) is 2.50. The van der Waals surface area contributed by atoms with Gasteiger partial charge in [0.15, 0.2) is 0 Å². The van der Waals surface area contributed by atoms with Gasteiger partial charge in [-0.2, -0.15) is 0 Å². The van der Waals surface area contributed by atoms with Crippen molar-refractivity contribution in [1.29, 1.82) is 0 Å². The molecule has 2 rings (SSSR count). The summed E-state index contributed by atoms with van der Waals surface area (Å²) >= 11 is 3.70. The first kappa shape index (κ1) is 12.9. The molecule has 0 saturated carbocycles. The van der Waals surface area contributed by atoms with Crippen molar-refractivity contribution in [3.8, 4) is 0 Å². The molecule has 1 aliphatic heterocycles. The van der Waals surface area contributed by atoms with Crippen molar-refractivity contribution in [3.63, 3.8) is 0 Å². The topological polar surface area (TPSA) is 15.3 Å². The fourth-order valence-electron chi connectivity index (χ4n) is 2.51. The number of hydrogen-bond acceptors (Lipinski definition) is 2. The number of nitrogens with one attached hydrogen (secondary N) is 1. The van der Waals surface area contributed by atoms with Crippen LogP contribution in [0.25, 0.3) is 0 Å². The molecule has 0 radical (unpaired) electrons. The zero-order valence-electron chi connectivity index (χ0n) is 10.7. The zero-order valence-corrected chi connectivity index (χ0v) is 12.3. The average Bonchev–Trinajstić information content (AvgIpc) is 2.78. The van der Waals surface area contributed by atoms with Gasteiger partial charge in [0.05, 0.1) is 5.69 Å². The predicted molar refractivity (Wildman–Crippen MR) is 77.5 cm³/mol. The van der Waals surface area contributed by atoms with Gasteiger partial charge in [0.1, 0.15) is 0 Å². The Bertz CT molecular complexity index is 378. The van der Waals surface area contributed by atoms with Gasteiger partial charge in [-0.05, 0) is 53.0 Å². The van der Waals surface area contributed by atoms with Crippen LogP contribution in [0.15, 0.2) is 22.7 Å². The summed E-state index contributed by atoms with van der Waals surface area (Å²) in [5.74, 6) is 0.874. The van der Waals surface area contributed by atoms with Crippen molar-refractivity contribution < 1.29 is 0 Å². The minimum atomic E-state index is 0.874. The number of anilines is 1. The van der Waals surface area contributed by atoms with Crippen LogP contribution in [-0.2, 0) is 6.54 Å². The first-order chi connectivity index (χ1) is 8.24. The molecule has 3 heteroatoms. The maximum absolute atomic E-state index is 3.70. The maximum Gasteiger partial charge on any atom is 0.0510 e. The van der Waals surface area contributed by atoms with Crippen LogP contribution in [0, 0.1) is 5.92 Å². The Morgan fingerprint density at radius 2 is 2.29 bits per heavy atom. The molecule has 1 aliphatic rings. The van der Waals surface area contributed by atoms with E-state index in [9.17, 15) is 0 Å². The summed E-state index contributed by atoms with van der Waals surface area (Å²) in [5, 5.41) is 3.18. The summed E-state index contributed by atoms with van der Waals surface area (Å²) in [5.41, 5.74) is 2.68. The third-order valence-corrected chi connectivity index (χ3v) is 4.23. The monoisotopic (exact) mass is 296 g/mol. The number of halogens is 1. The smallest absolute Gasteiger partial charge is 0.0510 e. The molecule has 94 valence electrons. The number of hydrogen-bond donors (Lipinski definition) is 1. The summed E-state index contributed by atoms with van der Waals surface area (Å²) in [6, 6.07) is 6.69. The minimum absolute atomic E-state index is 0.874. The molecule has 1 aromatic rings. The van der Waals surface area contributed by atoms with Crippen LogP contribution < -0.4 is 10.2 Å². The molecule has 1 fully saturated rings. The van der Waals surface area contributed by atoms with Crippen LogP contribution in [0.4, 0.5) is 5.69 Å². The molecule has 1 unspecified atom stereocenters. The second-order valence-electron chi connectivity index (χ2n) is 4.83. The van der Waals surface area contributed by atoms with Gasteiger partial charge in [0.25, 0.3) is 0 Å². The second-order valence-corrected chi connectivity index (χ2v) is 5.68. The van der Waals surface area contributed by atoms with Gasteiger partial charge in [-0.1, -0.05) is 19.4 Å². The van der Waals surface area contributed by atoms with Gasteiger partial charge in [0.2, 0.25) is 0 Å². The van der Waals surface area contributed by atoms with E-state index in [2.05, 4.69) is 51.3 Å². The summed E-state index contributed by atoms with van der Waals surface area (Å²) in [7, 11) is 1.98. The molecule has 17 heavy (non-hydrogen) atoms. The Morgan fingerprint density at radius 3 is 2.88 bits per heavy atom. The van der Waals surface area contributed by atoms with Crippen LogP contribution in [0.2, 0.25) is 0 Å². The highest BCUT2D eigenvalue weighted by atomic mass is 79.9. The highest BCUT2D eigenvalue weighted by Gasteiger charge is 2.22. The first-order valence-electron chi connectivity index (χ1n) is 6.42. The van der Waals surface area contributed by atoms with E-state index in [1.54, 1.807) is 0 Å². The Hall–Kier alpha value is -0.540. The fraction of sp³-hybridized carbons (Fsp3) is 0.571. The zero-order chi connectivity index (χ0) is 12.3. The van der Waals surface area contributed by atoms with Gasteiger partial charge in [-0.15, -0.1) is 0 Å². The third kappa shape index (κ3) is 3.02. The predicted octanol–water partition coefficient (Wildman–Crippen LogP) is 3.40. The van der Waals surface area contributed by atoms with Gasteiger partial charge in [-0.25, -0.2) is 0 Å². The third-order valence-electron chi connectivity index (χ3n) is 3.60. The first-order valence-corrected chi connectivity index (χ1v) is 7.22. The molecular weight excluding hydrogens is 276 g/mol. The molecule has 0 spiro atoms. The van der Waals surface area contributed by atoms with Crippen LogP contribution in [0.1, 0.15) is 25.3 Å². The Balaban J connectivity index is 2.11. The van der Waals surface area contributed by atoms with E-state index in [1.165, 1.54) is 41.7 Å². The number of rotatable bonds is 4. The van der Waals surface area contributed by atoms with Crippen molar-refractivity contribution in [1.82, 2.24) is 5.32 Å². The van der Waals surface area contributed by atoms with E-state index in [-0.39, 0.29) is 0 Å². The summed E-state index contributed by atoms with van der Waals surface area (Å²) in [6.45, 7) is 5.62. The van der Waals surface area contributed by atoms with Crippen molar-refractivity contribution in [3.05, 3.63) is 28.2 Å². The quantitative estimate of drug-likeness (QED) is 0.916. The molecule has 0 aromatic heterocycles. The Morgan fingerprint density at radius 1 is 1.47 bits per heavy atom. The molecular formula is C14H21BrN2. The van der Waals surface area contributed by atoms with E-state index < -0.39 is 0 Å². The van der Waals surface area contributed by atoms with E-state index in [1.807, 2.05) is 7.05 Å². The van der Waals surface area contributed by atoms with Crippen molar-refractivity contribution in [2.75, 3.05) is 25.0 Å². The van der Waals surface area contributed by atoms with Crippen LogP contribution in [-0.4, -0.2) is 20.1 Å². The lowest BCUT2D eigenvalue weighted by Crippen LogP contribution is -2.20. The van der Waals surface area contributed by atoms with Crippen molar-refractivity contribution >= 4 is 21.6 Å². The maximum atomic E-state index is 3.70. The average molecular weight is 297 g/mol. The lowest BCUT2D eigenvalue weighted by atomic mass is 10.1. The van der Waals surface area contributed by atoms with Gasteiger partial charge >= 0.3 is 0 Å². The standard InChI is InChI=1S/C14H21BrN2/c1-3-11-6-7-17(10-11)14-5-4-12(9-16-2)8-13(14)15/h4-5,8,11,16H,3,6-7,9-10H2,1-2H3. The molecule has 1 heterocycles. The lowest BCUT2D eigenvalue weighted by molar-refractivity contribution is 0.569. The second kappa shape index (κ2) is 5.87. The number of benzene rings is 1. The minimum Gasteiger partial charge on any atom is -0.370 e. The van der Waals surface area contributed by atoms with E-state index >= 15 is 0 Å². The van der Waals surface area contributed by atoms with E-state index in [0.717, 1.165) is 12.5 Å². The van der Waals surface area contributed by atoms with Crippen molar-refractivity contribution in [2.45, 2.75) is 26.3 Å². The Labute approximate surface area is 113 Å². The molecule has 1 aromatic carbocycles. The molecule has 2 nitrogen and oxygen atoms in total. The molecule has 1 N–H and O–H groups in total. The van der Waals surface area contributed by atoms with Gasteiger partial charge < -0.3 is 10.2 Å². The van der Waals surface area contributed by atoms with Crippen LogP contribution in [0.5, 0.6) is 0 Å². The highest BCUT2D eigenvalue weighted by molar-refractivity contribution is 9.10. The fourth-order valence-corrected chi connectivity index (χ4v) is 3.18. The molecule has 0 aliphatic carbocycles. The SMILES string of the molecule is CCC1CCN(c2ccc(CNC)cc2Br)C1. The molecule has 0 amide bonds. The van der Waals surface area contributed by atoms with E-state index in [4.69, 9.17) is 0 Å². The Kier molecular flexibility index (Phi) is 4.46. The molecule has 1 saturated heterocycles. The number of nitrogens with zero attached hydrogens (tertiary/aromatic N) is 1. The van der Waals surface area contributed by atoms with E-state index in [0.29, 0.717) is 0 Å². The molecule has 0 bridgehead atoms. The summed E-state index contributed by atoms with van der Waals surface area (Å²) in [6.07, 6.45) is 2.63. The van der Waals surface area contributed by atoms with Crippen molar-refractivity contribution in [2.24, 2.45) is 5.92 Å². The molecule has 1 atom stereocenters. The van der Waals surface area contributed by atoms with Gasteiger partial charge in [-0.3, -0.25) is 0 Å².